The third kappa shape index (κ3) is 4.42. The van der Waals surface area contributed by atoms with E-state index < -0.39 is 11.4 Å². The number of primary amides is 1. The van der Waals surface area contributed by atoms with Crippen molar-refractivity contribution in [3.63, 3.8) is 0 Å². The lowest BCUT2D eigenvalue weighted by molar-refractivity contribution is -0.166. The van der Waals surface area contributed by atoms with Crippen LogP contribution >= 0.6 is 11.8 Å². The molecule has 0 spiro atoms. The van der Waals surface area contributed by atoms with Gasteiger partial charge >= 0.3 is 5.97 Å². The van der Waals surface area contributed by atoms with Gasteiger partial charge in [0.25, 0.3) is 0 Å². The lowest BCUT2D eigenvalue weighted by Crippen LogP contribution is -2.63. The molecule has 232 valence electrons. The van der Waals surface area contributed by atoms with Gasteiger partial charge in [0.1, 0.15) is 0 Å². The van der Waals surface area contributed by atoms with Crippen LogP contribution in [0, 0.1) is 34.5 Å². The molecule has 4 aliphatic carbocycles. The SMILES string of the molecule is COC(=O)COc1c(O)cc2c(c1C)C(SC(C)C)C=C1[C@@]2(C)CC[C@@]2(C)[C@@H]3C[C@](C)(C(N)=O)CC[C@]3(C)CC[C@]12C. The molecule has 5 rings (SSSR count). The maximum absolute atomic E-state index is 12.7. The summed E-state index contributed by atoms with van der Waals surface area (Å²) in [6.07, 6.45) is 9.62. The Labute approximate surface area is 256 Å². The molecule has 3 fully saturated rings. The number of phenols is 1. The topological polar surface area (TPSA) is 98.8 Å². The Morgan fingerprint density at radius 2 is 1.74 bits per heavy atom. The molecule has 1 aromatic carbocycles. The number of rotatable bonds is 6. The van der Waals surface area contributed by atoms with Crippen molar-refractivity contribution in [2.75, 3.05) is 13.7 Å². The van der Waals surface area contributed by atoms with Crippen LogP contribution in [0.25, 0.3) is 0 Å². The van der Waals surface area contributed by atoms with Crippen LogP contribution in [0.2, 0.25) is 0 Å². The predicted molar refractivity (Wildman–Crippen MR) is 169 cm³/mol. The summed E-state index contributed by atoms with van der Waals surface area (Å²) in [5.41, 5.74) is 10.3. The number of hydrogen-bond acceptors (Lipinski definition) is 6. The molecule has 0 bridgehead atoms. The average molecular weight is 598 g/mol. The van der Waals surface area contributed by atoms with Crippen LogP contribution in [0.15, 0.2) is 17.7 Å². The Kier molecular flexibility index (Phi) is 7.60. The molecule has 0 saturated heterocycles. The van der Waals surface area contributed by atoms with Crippen molar-refractivity contribution in [1.82, 2.24) is 0 Å². The smallest absolute Gasteiger partial charge is 0.343 e. The summed E-state index contributed by atoms with van der Waals surface area (Å²) in [5, 5.41) is 11.8. The van der Waals surface area contributed by atoms with Gasteiger partial charge in [-0.3, -0.25) is 4.79 Å². The van der Waals surface area contributed by atoms with E-state index in [2.05, 4.69) is 54.5 Å². The fourth-order valence-corrected chi connectivity index (χ4v) is 10.9. The summed E-state index contributed by atoms with van der Waals surface area (Å²) in [4.78, 5) is 24.6. The number of nitrogens with two attached hydrogens (primary N) is 1. The zero-order valence-electron chi connectivity index (χ0n) is 27.1. The normalized spacial score (nSPS) is 38.9. The molecular weight excluding hydrogens is 546 g/mol. The van der Waals surface area contributed by atoms with Gasteiger partial charge in [-0.1, -0.05) is 60.1 Å². The Morgan fingerprint density at radius 1 is 1.07 bits per heavy atom. The van der Waals surface area contributed by atoms with Gasteiger partial charge in [0, 0.05) is 16.1 Å². The van der Waals surface area contributed by atoms with Crippen molar-refractivity contribution in [3.8, 4) is 11.5 Å². The van der Waals surface area contributed by atoms with E-state index in [1.807, 2.05) is 24.8 Å². The number of methoxy groups -OCH3 is 1. The molecule has 0 aliphatic heterocycles. The highest BCUT2D eigenvalue weighted by Gasteiger charge is 2.67. The maximum atomic E-state index is 12.7. The number of phenolic OH excluding ortho intramolecular Hbond substituents is 1. The van der Waals surface area contributed by atoms with Gasteiger partial charge in [0.2, 0.25) is 5.91 Å². The van der Waals surface area contributed by atoms with E-state index in [4.69, 9.17) is 15.2 Å². The zero-order chi connectivity index (χ0) is 31.0. The first-order valence-electron chi connectivity index (χ1n) is 15.7. The Balaban J connectivity index is 1.65. The number of aromatic hydroxyl groups is 1. The molecule has 7 atom stereocenters. The van der Waals surface area contributed by atoms with Gasteiger partial charge in [-0.25, -0.2) is 4.79 Å². The van der Waals surface area contributed by atoms with Crippen LogP contribution in [-0.2, 0) is 19.7 Å². The highest BCUT2D eigenvalue weighted by Crippen LogP contribution is 2.75. The van der Waals surface area contributed by atoms with E-state index in [-0.39, 0.29) is 45.2 Å². The highest BCUT2D eigenvalue weighted by molar-refractivity contribution is 8.00. The number of fused-ring (bicyclic) bond motifs is 7. The monoisotopic (exact) mass is 597 g/mol. The second kappa shape index (κ2) is 10.2. The molecule has 3 N–H and O–H groups in total. The van der Waals surface area contributed by atoms with Crippen LogP contribution in [0.5, 0.6) is 11.5 Å². The average Bonchev–Trinajstić information content (AvgIpc) is 2.91. The highest BCUT2D eigenvalue weighted by atomic mass is 32.2. The van der Waals surface area contributed by atoms with Crippen LogP contribution in [0.4, 0.5) is 0 Å². The van der Waals surface area contributed by atoms with Crippen molar-refractivity contribution in [2.24, 2.45) is 33.3 Å². The van der Waals surface area contributed by atoms with Crippen molar-refractivity contribution in [1.29, 1.82) is 0 Å². The summed E-state index contributed by atoms with van der Waals surface area (Å²) < 4.78 is 10.6. The summed E-state index contributed by atoms with van der Waals surface area (Å²) in [7, 11) is 1.33. The number of thioether (sulfide) groups is 1. The molecule has 1 aromatic rings. The fraction of sp³-hybridized carbons (Fsp3) is 0.714. The number of allylic oxidation sites excluding steroid dienone is 1. The fourth-order valence-electron chi connectivity index (χ4n) is 9.68. The van der Waals surface area contributed by atoms with E-state index in [0.29, 0.717) is 16.9 Å². The van der Waals surface area contributed by atoms with Crippen molar-refractivity contribution in [2.45, 2.75) is 116 Å². The molecule has 0 heterocycles. The van der Waals surface area contributed by atoms with Gasteiger partial charge in [-0.15, -0.1) is 11.8 Å². The Bertz CT molecular complexity index is 1340. The quantitative estimate of drug-likeness (QED) is 0.260. The molecule has 1 unspecified atom stereocenters. The number of carbonyl (C=O) groups excluding carboxylic acids is 2. The van der Waals surface area contributed by atoms with E-state index in [1.54, 1.807) is 0 Å². The minimum absolute atomic E-state index is 0.0215. The number of esters is 1. The molecule has 7 heteroatoms. The molecular formula is C35H51NO5S. The largest absolute Gasteiger partial charge is 0.504 e. The second-order valence-corrected chi connectivity index (χ2v) is 17.0. The summed E-state index contributed by atoms with van der Waals surface area (Å²) >= 11 is 1.93. The van der Waals surface area contributed by atoms with Crippen molar-refractivity contribution >= 4 is 23.6 Å². The summed E-state index contributed by atoms with van der Waals surface area (Å²) in [6, 6.07) is 1.92. The maximum Gasteiger partial charge on any atom is 0.343 e. The van der Waals surface area contributed by atoms with E-state index in [9.17, 15) is 14.7 Å². The number of ether oxygens (including phenoxy) is 2. The molecule has 1 amide bonds. The predicted octanol–water partition coefficient (Wildman–Crippen LogP) is 7.53. The van der Waals surface area contributed by atoms with E-state index in [0.717, 1.165) is 50.5 Å². The van der Waals surface area contributed by atoms with Crippen molar-refractivity contribution in [3.05, 3.63) is 34.4 Å². The van der Waals surface area contributed by atoms with Gasteiger partial charge in [0.15, 0.2) is 18.1 Å². The number of hydrogen-bond donors (Lipinski definition) is 2. The van der Waals surface area contributed by atoms with Crippen LogP contribution in [0.3, 0.4) is 0 Å². The van der Waals surface area contributed by atoms with E-state index >= 15 is 0 Å². The van der Waals surface area contributed by atoms with Crippen LogP contribution < -0.4 is 10.5 Å². The standard InChI is InChI=1S/C35H51NO5S/c1-20(2)42-24-17-25-33(6,22-16-23(37)29(21(3)28(22)24)41-19-27(38)40-9)13-15-35(8)26-18-32(5,30(36)39)11-10-31(26,4)12-14-34(25,35)7/h16-17,20,24,26,37H,10-15,18-19H2,1-9H3,(H2,36,39)/t24?,26-,31-,32-,33+,34-,35+/m1/s1. The molecule has 0 radical (unpaired) electrons. The van der Waals surface area contributed by atoms with Gasteiger partial charge < -0.3 is 20.3 Å². The van der Waals surface area contributed by atoms with Gasteiger partial charge in [-0.05, 0) is 102 Å². The van der Waals surface area contributed by atoms with E-state index in [1.165, 1.54) is 23.8 Å². The minimum atomic E-state index is -0.479. The van der Waals surface area contributed by atoms with Crippen LogP contribution in [-0.4, -0.2) is 35.9 Å². The number of amides is 1. The molecule has 3 saturated carbocycles. The Morgan fingerprint density at radius 3 is 2.36 bits per heavy atom. The third-order valence-corrected chi connectivity index (χ3v) is 13.8. The van der Waals surface area contributed by atoms with Crippen LogP contribution in [0.1, 0.15) is 115 Å². The molecule has 4 aliphatic rings. The van der Waals surface area contributed by atoms with Crippen molar-refractivity contribution < 1.29 is 24.2 Å². The lowest BCUT2D eigenvalue weighted by atomic mass is 9.34. The third-order valence-electron chi connectivity index (χ3n) is 12.6. The molecule has 6 nitrogen and oxygen atoms in total. The van der Waals surface area contributed by atoms with Gasteiger partial charge in [0.05, 0.1) is 7.11 Å². The first-order chi connectivity index (χ1) is 19.5. The summed E-state index contributed by atoms with van der Waals surface area (Å²) in [6.45, 7) is 18.2. The first-order valence-corrected chi connectivity index (χ1v) is 16.6. The lowest BCUT2D eigenvalue weighted by Gasteiger charge is -2.70. The molecule has 42 heavy (non-hydrogen) atoms. The van der Waals surface area contributed by atoms with Gasteiger partial charge in [-0.2, -0.15) is 0 Å². The summed E-state index contributed by atoms with van der Waals surface area (Å²) in [5.74, 6) is 0.207. The second-order valence-electron chi connectivity index (χ2n) is 15.3. The Hall–Kier alpha value is -2.15. The molecule has 0 aromatic heterocycles. The first kappa shape index (κ1) is 31.3. The number of carbonyl (C=O) groups is 2. The number of benzene rings is 1. The zero-order valence-corrected chi connectivity index (χ0v) is 27.9. The minimum Gasteiger partial charge on any atom is -0.504 e.